The number of nitrogens with one attached hydrogen (secondary N) is 2. The molecule has 1 heterocycles. The summed E-state index contributed by atoms with van der Waals surface area (Å²) in [6.07, 6.45) is 0.577. The van der Waals surface area contributed by atoms with Crippen LogP contribution in [-0.4, -0.2) is 11.9 Å². The normalized spacial score (nSPS) is 16.4. The van der Waals surface area contributed by atoms with Crippen molar-refractivity contribution in [3.05, 3.63) is 58.9 Å². The van der Waals surface area contributed by atoms with Gasteiger partial charge in [-0.25, -0.2) is 4.39 Å². The van der Waals surface area contributed by atoms with Gasteiger partial charge in [-0.1, -0.05) is 35.9 Å². The summed E-state index contributed by atoms with van der Waals surface area (Å²) in [6, 6.07) is 11.6. The fourth-order valence-electron chi connectivity index (χ4n) is 2.28. The molecule has 1 aliphatic heterocycles. The Kier molecular flexibility index (Phi) is 3.32. The van der Waals surface area contributed by atoms with Gasteiger partial charge in [0.2, 0.25) is 5.91 Å². The average molecular weight is 291 g/mol. The van der Waals surface area contributed by atoms with E-state index in [1.807, 2.05) is 24.3 Å². The van der Waals surface area contributed by atoms with Crippen LogP contribution in [0.4, 0.5) is 15.8 Å². The number of anilines is 2. The molecule has 0 saturated carbocycles. The van der Waals surface area contributed by atoms with Crippen molar-refractivity contribution in [3.63, 3.8) is 0 Å². The predicted molar refractivity (Wildman–Crippen MR) is 77.6 cm³/mol. The number of benzene rings is 2. The first-order valence-electron chi connectivity index (χ1n) is 6.24. The highest BCUT2D eigenvalue weighted by molar-refractivity contribution is 6.33. The fraction of sp³-hybridized carbons (Fsp3) is 0.133. The van der Waals surface area contributed by atoms with Crippen molar-refractivity contribution in [2.45, 2.75) is 12.5 Å². The molecule has 0 saturated heterocycles. The van der Waals surface area contributed by atoms with Gasteiger partial charge < -0.3 is 10.6 Å². The standard InChI is InChI=1S/C15H12ClFN2O/c16-10-5-3-6-11(17)14(10)19-15(20)13-8-9-4-1-2-7-12(9)18-13/h1-7,13,18H,8H2,(H,19,20)/t13-/m0/s1. The Balaban J connectivity index is 1.76. The molecule has 20 heavy (non-hydrogen) atoms. The Bertz CT molecular complexity index is 629. The molecule has 102 valence electrons. The van der Waals surface area contributed by atoms with Crippen LogP contribution >= 0.6 is 11.6 Å². The maximum absolute atomic E-state index is 13.6. The van der Waals surface area contributed by atoms with Crippen LogP contribution in [0.5, 0.6) is 0 Å². The van der Waals surface area contributed by atoms with Crippen LogP contribution in [0.2, 0.25) is 5.02 Å². The van der Waals surface area contributed by atoms with Crippen molar-refractivity contribution in [2.24, 2.45) is 0 Å². The Morgan fingerprint density at radius 2 is 2.05 bits per heavy atom. The molecule has 0 bridgehead atoms. The summed E-state index contributed by atoms with van der Waals surface area (Å²) >= 11 is 5.89. The lowest BCUT2D eigenvalue weighted by atomic mass is 10.1. The number of hydrogen-bond acceptors (Lipinski definition) is 2. The van der Waals surface area contributed by atoms with Crippen molar-refractivity contribution in [2.75, 3.05) is 10.6 Å². The predicted octanol–water partition coefficient (Wildman–Crippen LogP) is 3.45. The Labute approximate surface area is 120 Å². The monoisotopic (exact) mass is 290 g/mol. The molecule has 2 aromatic rings. The quantitative estimate of drug-likeness (QED) is 0.889. The highest BCUT2D eigenvalue weighted by Gasteiger charge is 2.27. The van der Waals surface area contributed by atoms with Crippen LogP contribution in [0.3, 0.4) is 0 Å². The van der Waals surface area contributed by atoms with Gasteiger partial charge in [0, 0.05) is 12.1 Å². The zero-order valence-corrected chi connectivity index (χ0v) is 11.2. The summed E-state index contributed by atoms with van der Waals surface area (Å²) in [5, 5.41) is 5.85. The summed E-state index contributed by atoms with van der Waals surface area (Å²) in [5.74, 6) is -0.838. The van der Waals surface area contributed by atoms with E-state index in [0.717, 1.165) is 11.3 Å². The minimum absolute atomic E-state index is 0.0249. The van der Waals surface area contributed by atoms with E-state index < -0.39 is 11.9 Å². The lowest BCUT2D eigenvalue weighted by Gasteiger charge is -2.13. The van der Waals surface area contributed by atoms with Crippen molar-refractivity contribution < 1.29 is 9.18 Å². The van der Waals surface area contributed by atoms with E-state index in [1.165, 1.54) is 18.2 Å². The van der Waals surface area contributed by atoms with E-state index in [2.05, 4.69) is 10.6 Å². The molecule has 0 radical (unpaired) electrons. The second-order valence-corrected chi connectivity index (χ2v) is 5.05. The van der Waals surface area contributed by atoms with Crippen molar-refractivity contribution >= 4 is 28.9 Å². The summed E-state index contributed by atoms with van der Waals surface area (Å²) in [5.41, 5.74) is 2.04. The molecule has 0 fully saturated rings. The average Bonchev–Trinajstić information content (AvgIpc) is 2.87. The molecule has 0 spiro atoms. The number of carbonyl (C=O) groups is 1. The van der Waals surface area contributed by atoms with E-state index in [0.29, 0.717) is 6.42 Å². The number of fused-ring (bicyclic) bond motifs is 1. The lowest BCUT2D eigenvalue weighted by Crippen LogP contribution is -2.33. The second kappa shape index (κ2) is 5.13. The molecule has 1 aliphatic rings. The molecule has 0 unspecified atom stereocenters. The Morgan fingerprint density at radius 1 is 1.25 bits per heavy atom. The maximum Gasteiger partial charge on any atom is 0.247 e. The lowest BCUT2D eigenvalue weighted by molar-refractivity contribution is -0.116. The van der Waals surface area contributed by atoms with E-state index in [9.17, 15) is 9.18 Å². The van der Waals surface area contributed by atoms with Gasteiger partial charge in [-0.3, -0.25) is 4.79 Å². The van der Waals surface area contributed by atoms with Gasteiger partial charge >= 0.3 is 0 Å². The number of para-hydroxylation sites is 2. The van der Waals surface area contributed by atoms with Crippen LogP contribution < -0.4 is 10.6 Å². The van der Waals surface area contributed by atoms with Gasteiger partial charge in [0.1, 0.15) is 11.9 Å². The summed E-state index contributed by atoms with van der Waals surface area (Å²) in [6.45, 7) is 0. The summed E-state index contributed by atoms with van der Waals surface area (Å²) in [7, 11) is 0. The zero-order chi connectivity index (χ0) is 14.1. The topological polar surface area (TPSA) is 41.1 Å². The molecule has 3 nitrogen and oxygen atoms in total. The largest absolute Gasteiger partial charge is 0.373 e. The molecule has 5 heteroatoms. The van der Waals surface area contributed by atoms with Gasteiger partial charge in [0.15, 0.2) is 0 Å². The number of rotatable bonds is 2. The van der Waals surface area contributed by atoms with Crippen LogP contribution in [0, 0.1) is 5.82 Å². The maximum atomic E-state index is 13.6. The molecule has 2 aromatic carbocycles. The molecule has 3 rings (SSSR count). The zero-order valence-electron chi connectivity index (χ0n) is 10.5. The molecule has 1 atom stereocenters. The third-order valence-electron chi connectivity index (χ3n) is 3.30. The van der Waals surface area contributed by atoms with E-state index in [4.69, 9.17) is 11.6 Å². The molecule has 1 amide bonds. The van der Waals surface area contributed by atoms with Crippen LogP contribution in [0.1, 0.15) is 5.56 Å². The minimum Gasteiger partial charge on any atom is -0.373 e. The van der Waals surface area contributed by atoms with Crippen molar-refractivity contribution in [1.82, 2.24) is 0 Å². The Morgan fingerprint density at radius 3 is 2.80 bits per heavy atom. The SMILES string of the molecule is O=C(Nc1c(F)cccc1Cl)[C@@H]1Cc2ccccc2N1. The van der Waals surface area contributed by atoms with Gasteiger partial charge in [-0.05, 0) is 23.8 Å². The van der Waals surface area contributed by atoms with Gasteiger partial charge in [0.05, 0.1) is 10.7 Å². The van der Waals surface area contributed by atoms with Crippen LogP contribution in [0.15, 0.2) is 42.5 Å². The van der Waals surface area contributed by atoms with E-state index in [-0.39, 0.29) is 16.6 Å². The molecular weight excluding hydrogens is 279 g/mol. The highest BCUT2D eigenvalue weighted by atomic mass is 35.5. The molecular formula is C15H12ClFN2O. The first-order chi connectivity index (χ1) is 9.65. The van der Waals surface area contributed by atoms with Gasteiger partial charge in [-0.15, -0.1) is 0 Å². The van der Waals surface area contributed by atoms with Crippen LogP contribution in [-0.2, 0) is 11.2 Å². The molecule has 0 aliphatic carbocycles. The molecule has 0 aromatic heterocycles. The first kappa shape index (κ1) is 12.9. The number of hydrogen-bond donors (Lipinski definition) is 2. The van der Waals surface area contributed by atoms with Crippen LogP contribution in [0.25, 0.3) is 0 Å². The fourth-order valence-corrected chi connectivity index (χ4v) is 2.49. The highest BCUT2D eigenvalue weighted by Crippen LogP contribution is 2.28. The third-order valence-corrected chi connectivity index (χ3v) is 3.61. The van der Waals surface area contributed by atoms with Crippen molar-refractivity contribution in [1.29, 1.82) is 0 Å². The Hall–Kier alpha value is -2.07. The molecule has 2 N–H and O–H groups in total. The first-order valence-corrected chi connectivity index (χ1v) is 6.62. The number of halogens is 2. The van der Waals surface area contributed by atoms with Crippen molar-refractivity contribution in [3.8, 4) is 0 Å². The van der Waals surface area contributed by atoms with Gasteiger partial charge in [-0.2, -0.15) is 0 Å². The number of amides is 1. The summed E-state index contributed by atoms with van der Waals surface area (Å²) in [4.78, 5) is 12.2. The van der Waals surface area contributed by atoms with E-state index >= 15 is 0 Å². The second-order valence-electron chi connectivity index (χ2n) is 4.64. The summed E-state index contributed by atoms with van der Waals surface area (Å²) < 4.78 is 13.6. The third kappa shape index (κ3) is 2.34. The number of carbonyl (C=O) groups excluding carboxylic acids is 1. The smallest absolute Gasteiger partial charge is 0.247 e. The van der Waals surface area contributed by atoms with E-state index in [1.54, 1.807) is 0 Å². The minimum atomic E-state index is -0.540. The van der Waals surface area contributed by atoms with Gasteiger partial charge in [0.25, 0.3) is 0 Å².